The van der Waals surface area contributed by atoms with Crippen LogP contribution in [0.1, 0.15) is 33.1 Å². The summed E-state index contributed by atoms with van der Waals surface area (Å²) in [5, 5.41) is 9.28. The maximum absolute atomic E-state index is 12.8. The van der Waals surface area contributed by atoms with Gasteiger partial charge in [0.25, 0.3) is 0 Å². The number of ether oxygens (including phenoxy) is 1. The molecule has 2 heterocycles. The van der Waals surface area contributed by atoms with E-state index in [4.69, 9.17) is 4.74 Å². The van der Waals surface area contributed by atoms with Crippen LogP contribution in [0.15, 0.2) is 0 Å². The Hall–Kier alpha value is -0.700. The van der Waals surface area contributed by atoms with Gasteiger partial charge in [0, 0.05) is 26.2 Å². The summed E-state index contributed by atoms with van der Waals surface area (Å²) in [5.41, 5.74) is 0. The molecule has 2 aliphatic rings. The van der Waals surface area contributed by atoms with Crippen LogP contribution >= 0.6 is 0 Å². The Bertz CT molecular complexity index is 510. The van der Waals surface area contributed by atoms with E-state index in [1.54, 1.807) is 4.90 Å². The van der Waals surface area contributed by atoms with Gasteiger partial charge < -0.3 is 14.7 Å². The van der Waals surface area contributed by atoms with Gasteiger partial charge in [-0.3, -0.25) is 4.79 Å². The van der Waals surface area contributed by atoms with Crippen LogP contribution in [-0.2, 0) is 19.6 Å². The molecular weight excluding hydrogens is 320 g/mol. The van der Waals surface area contributed by atoms with Crippen molar-refractivity contribution in [2.75, 3.05) is 38.5 Å². The monoisotopic (exact) mass is 348 g/mol. The van der Waals surface area contributed by atoms with Gasteiger partial charge in [-0.15, -0.1) is 0 Å². The molecule has 0 aromatic heterocycles. The zero-order chi connectivity index (χ0) is 17.0. The summed E-state index contributed by atoms with van der Waals surface area (Å²) in [6.45, 7) is 5.25. The van der Waals surface area contributed by atoms with E-state index in [0.29, 0.717) is 38.9 Å². The van der Waals surface area contributed by atoms with Crippen molar-refractivity contribution in [2.24, 2.45) is 5.92 Å². The number of hydrogen-bond donors (Lipinski definition) is 1. The number of carbonyl (C=O) groups is 1. The van der Waals surface area contributed by atoms with Crippen molar-refractivity contribution < 1.29 is 23.1 Å². The van der Waals surface area contributed by atoms with Crippen LogP contribution in [0.3, 0.4) is 0 Å². The molecule has 0 aromatic carbocycles. The Morgan fingerprint density at radius 2 is 2.04 bits per heavy atom. The third kappa shape index (κ3) is 4.65. The molecule has 2 rings (SSSR count). The average Bonchev–Trinajstić information content (AvgIpc) is 2.53. The smallest absolute Gasteiger partial charge is 0.227 e. The molecule has 2 saturated heterocycles. The predicted molar refractivity (Wildman–Crippen MR) is 86.4 cm³/mol. The lowest BCUT2D eigenvalue weighted by atomic mass is 9.97. The van der Waals surface area contributed by atoms with Crippen LogP contribution in [0.5, 0.6) is 0 Å². The summed E-state index contributed by atoms with van der Waals surface area (Å²) < 4.78 is 31.5. The first-order chi connectivity index (χ1) is 10.9. The molecule has 1 N–H and O–H groups in total. The maximum atomic E-state index is 12.8. The molecule has 7 nitrogen and oxygen atoms in total. The van der Waals surface area contributed by atoms with Gasteiger partial charge in [-0.05, 0) is 26.2 Å². The van der Waals surface area contributed by atoms with Gasteiger partial charge in [0.2, 0.25) is 15.9 Å². The molecule has 3 atom stereocenters. The number of hydrogen-bond acceptors (Lipinski definition) is 5. The van der Waals surface area contributed by atoms with Crippen molar-refractivity contribution in [1.29, 1.82) is 0 Å². The Morgan fingerprint density at radius 1 is 1.30 bits per heavy atom. The second-order valence-electron chi connectivity index (χ2n) is 6.51. The lowest BCUT2D eigenvalue weighted by Crippen LogP contribution is -2.54. The first-order valence-electron chi connectivity index (χ1n) is 8.40. The standard InChI is InChI=1S/C15H28N2O5S/c1-3-7-23(20,21)17-6-4-5-13(9-17)15(19)16-8-12(2)22-14(10-16)11-18/h12-14,18H,3-11H2,1-2H3. The Balaban J connectivity index is 2.01. The summed E-state index contributed by atoms with van der Waals surface area (Å²) in [6, 6.07) is 0. The summed E-state index contributed by atoms with van der Waals surface area (Å²) in [4.78, 5) is 14.5. The highest BCUT2D eigenvalue weighted by molar-refractivity contribution is 7.89. The minimum absolute atomic E-state index is 0.0185. The van der Waals surface area contributed by atoms with Crippen LogP contribution in [0.4, 0.5) is 0 Å². The molecule has 2 aliphatic heterocycles. The van der Waals surface area contributed by atoms with Crippen molar-refractivity contribution in [3.05, 3.63) is 0 Å². The molecule has 8 heteroatoms. The topological polar surface area (TPSA) is 87.2 Å². The quantitative estimate of drug-likeness (QED) is 0.758. The van der Waals surface area contributed by atoms with Gasteiger partial charge in [-0.2, -0.15) is 0 Å². The SMILES string of the molecule is CCCS(=O)(=O)N1CCCC(C(=O)N2CC(C)OC(CO)C2)C1. The third-order valence-electron chi connectivity index (χ3n) is 4.43. The van der Waals surface area contributed by atoms with Gasteiger partial charge in [-0.25, -0.2) is 12.7 Å². The lowest BCUT2D eigenvalue weighted by Gasteiger charge is -2.39. The largest absolute Gasteiger partial charge is 0.394 e. The second kappa shape index (κ2) is 7.92. The molecule has 0 saturated carbocycles. The molecule has 0 radical (unpaired) electrons. The van der Waals surface area contributed by atoms with Crippen LogP contribution in [0.2, 0.25) is 0 Å². The molecule has 3 unspecified atom stereocenters. The fraction of sp³-hybridized carbons (Fsp3) is 0.933. The summed E-state index contributed by atoms with van der Waals surface area (Å²) in [7, 11) is -3.26. The molecule has 0 aliphatic carbocycles. The molecular formula is C15H28N2O5S. The van der Waals surface area contributed by atoms with E-state index in [9.17, 15) is 18.3 Å². The summed E-state index contributed by atoms with van der Waals surface area (Å²) in [5.74, 6) is -0.176. The number of aliphatic hydroxyl groups excluding tert-OH is 1. The number of morpholine rings is 1. The number of aliphatic hydroxyl groups is 1. The number of sulfonamides is 1. The van der Waals surface area contributed by atoms with Gasteiger partial charge in [-0.1, -0.05) is 6.92 Å². The van der Waals surface area contributed by atoms with Crippen LogP contribution in [0.25, 0.3) is 0 Å². The van der Waals surface area contributed by atoms with Gasteiger partial charge >= 0.3 is 0 Å². The van der Waals surface area contributed by atoms with Crippen LogP contribution < -0.4 is 0 Å². The van der Waals surface area contributed by atoms with Gasteiger partial charge in [0.1, 0.15) is 0 Å². The first-order valence-corrected chi connectivity index (χ1v) is 10.0. The molecule has 2 fully saturated rings. The Kier molecular flexibility index (Phi) is 6.41. The highest BCUT2D eigenvalue weighted by atomic mass is 32.2. The minimum Gasteiger partial charge on any atom is -0.394 e. The van der Waals surface area contributed by atoms with Crippen molar-refractivity contribution >= 4 is 15.9 Å². The Labute approximate surface area is 138 Å². The molecule has 0 bridgehead atoms. The molecule has 134 valence electrons. The number of piperidine rings is 1. The van der Waals surface area contributed by atoms with E-state index in [1.807, 2.05) is 13.8 Å². The summed E-state index contributed by atoms with van der Waals surface area (Å²) in [6.07, 6.45) is 1.53. The van der Waals surface area contributed by atoms with E-state index in [2.05, 4.69) is 0 Å². The second-order valence-corrected chi connectivity index (χ2v) is 8.60. The van der Waals surface area contributed by atoms with Gasteiger partial charge in [0.15, 0.2) is 0 Å². The highest BCUT2D eigenvalue weighted by Crippen LogP contribution is 2.23. The van der Waals surface area contributed by atoms with Crippen LogP contribution in [-0.4, -0.2) is 79.4 Å². The predicted octanol–water partition coefficient (Wildman–Crippen LogP) is 0.0464. The fourth-order valence-corrected chi connectivity index (χ4v) is 4.96. The van der Waals surface area contributed by atoms with E-state index < -0.39 is 10.0 Å². The fourth-order valence-electron chi connectivity index (χ4n) is 3.37. The molecule has 0 spiro atoms. The van der Waals surface area contributed by atoms with E-state index in [0.717, 1.165) is 0 Å². The normalized spacial score (nSPS) is 30.4. The number of rotatable bonds is 5. The number of amides is 1. The van der Waals surface area contributed by atoms with E-state index >= 15 is 0 Å². The van der Waals surface area contributed by atoms with Crippen molar-refractivity contribution in [3.8, 4) is 0 Å². The van der Waals surface area contributed by atoms with Crippen molar-refractivity contribution in [2.45, 2.75) is 45.3 Å². The van der Waals surface area contributed by atoms with Crippen molar-refractivity contribution in [3.63, 3.8) is 0 Å². The number of carbonyl (C=O) groups excluding carboxylic acids is 1. The molecule has 0 aromatic rings. The first kappa shape index (κ1) is 18.6. The molecule has 1 amide bonds. The highest BCUT2D eigenvalue weighted by Gasteiger charge is 2.36. The average molecular weight is 348 g/mol. The van der Waals surface area contributed by atoms with Crippen molar-refractivity contribution in [1.82, 2.24) is 9.21 Å². The van der Waals surface area contributed by atoms with E-state index in [1.165, 1.54) is 4.31 Å². The summed E-state index contributed by atoms with van der Waals surface area (Å²) >= 11 is 0. The molecule has 23 heavy (non-hydrogen) atoms. The maximum Gasteiger partial charge on any atom is 0.227 e. The Morgan fingerprint density at radius 3 is 2.70 bits per heavy atom. The lowest BCUT2D eigenvalue weighted by molar-refractivity contribution is -0.152. The minimum atomic E-state index is -3.26. The van der Waals surface area contributed by atoms with Crippen LogP contribution in [0, 0.1) is 5.92 Å². The van der Waals surface area contributed by atoms with E-state index in [-0.39, 0.29) is 42.9 Å². The zero-order valence-corrected chi connectivity index (χ0v) is 14.8. The van der Waals surface area contributed by atoms with Gasteiger partial charge in [0.05, 0.1) is 30.5 Å². The third-order valence-corrected chi connectivity index (χ3v) is 6.47. The zero-order valence-electron chi connectivity index (χ0n) is 14.0. The number of nitrogens with zero attached hydrogens (tertiary/aromatic N) is 2.